The predicted octanol–water partition coefficient (Wildman–Crippen LogP) is 12.8. The van der Waals surface area contributed by atoms with Gasteiger partial charge in [0.05, 0.1) is 79.3 Å². The summed E-state index contributed by atoms with van der Waals surface area (Å²) in [7, 11) is 0. The highest BCUT2D eigenvalue weighted by Gasteiger charge is 2.15. The molecule has 0 aliphatic rings. The lowest BCUT2D eigenvalue weighted by Gasteiger charge is -2.15. The van der Waals surface area contributed by atoms with Gasteiger partial charge in [-0.05, 0) is 97.2 Å². The third kappa shape index (κ3) is 34.6. The van der Waals surface area contributed by atoms with Gasteiger partial charge in [0.25, 0.3) is 0 Å². The van der Waals surface area contributed by atoms with Gasteiger partial charge in [0.15, 0.2) is 33.3 Å². The zero-order valence-corrected chi connectivity index (χ0v) is 47.2. The van der Waals surface area contributed by atoms with Crippen molar-refractivity contribution in [1.29, 1.82) is 0 Å². The molecular formula is C55H90ClN3O12S2. The molecule has 15 nitrogen and oxygen atoms in total. The minimum atomic E-state index is 0.0702. The van der Waals surface area contributed by atoms with Crippen LogP contribution in [0.4, 0.5) is 0 Å². The smallest absolute Gasteiger partial charge is 0.227 e. The fourth-order valence-electron chi connectivity index (χ4n) is 6.84. The second-order valence-corrected chi connectivity index (χ2v) is 19.5. The summed E-state index contributed by atoms with van der Waals surface area (Å²) in [6.45, 7) is 19.1. The minimum absolute atomic E-state index is 0.0702. The number of aromatic nitrogens is 3. The lowest BCUT2D eigenvalue weighted by molar-refractivity contribution is 0.0320. The normalized spacial score (nSPS) is 11.4. The predicted molar refractivity (Wildman–Crippen MR) is 291 cm³/mol. The maximum Gasteiger partial charge on any atom is 0.227 e. The van der Waals surface area contributed by atoms with Crippen LogP contribution in [0.3, 0.4) is 0 Å². The Bertz CT molecular complexity index is 1640. The molecule has 0 saturated heterocycles. The number of nitrogens with zero attached hydrogens (tertiary/aromatic N) is 3. The largest absolute Gasteiger partial charge is 0.487 e. The van der Waals surface area contributed by atoms with Crippen molar-refractivity contribution in [2.45, 2.75) is 151 Å². The summed E-state index contributed by atoms with van der Waals surface area (Å²) in [5, 5.41) is 0.906. The van der Waals surface area contributed by atoms with Crippen molar-refractivity contribution in [2.75, 3.05) is 132 Å². The average molecular weight is 1080 g/mol. The number of ether oxygens (including phenoxy) is 12. The van der Waals surface area contributed by atoms with Gasteiger partial charge >= 0.3 is 0 Å². The number of rotatable bonds is 52. The first-order valence-corrected chi connectivity index (χ1v) is 29.3. The van der Waals surface area contributed by atoms with Gasteiger partial charge in [-0.25, -0.2) is 0 Å². The Morgan fingerprint density at radius 3 is 0.890 bits per heavy atom. The summed E-state index contributed by atoms with van der Waals surface area (Å²) in [4.78, 5) is 15.3. The van der Waals surface area contributed by atoms with Crippen molar-refractivity contribution in [3.8, 4) is 23.0 Å². The Labute approximate surface area is 452 Å². The van der Waals surface area contributed by atoms with Gasteiger partial charge in [-0.2, -0.15) is 15.0 Å². The van der Waals surface area contributed by atoms with Gasteiger partial charge in [0, 0.05) is 36.2 Å². The first kappa shape index (κ1) is 64.6. The van der Waals surface area contributed by atoms with Crippen molar-refractivity contribution in [3.63, 3.8) is 0 Å². The molecule has 1 aromatic heterocycles. The summed E-state index contributed by atoms with van der Waals surface area (Å²) < 4.78 is 70.7. The van der Waals surface area contributed by atoms with Crippen LogP contribution >= 0.6 is 35.1 Å². The van der Waals surface area contributed by atoms with E-state index in [1.54, 1.807) is 0 Å². The van der Waals surface area contributed by atoms with Gasteiger partial charge in [-0.15, -0.1) is 0 Å². The van der Waals surface area contributed by atoms with E-state index in [1.165, 1.54) is 101 Å². The molecule has 18 heteroatoms. The molecule has 3 aromatic rings. The van der Waals surface area contributed by atoms with Crippen LogP contribution in [0.1, 0.15) is 130 Å². The van der Waals surface area contributed by atoms with E-state index < -0.39 is 0 Å². The third-order valence-corrected chi connectivity index (χ3v) is 12.7. The van der Waals surface area contributed by atoms with Crippen LogP contribution in [0, 0.1) is 0 Å². The summed E-state index contributed by atoms with van der Waals surface area (Å²) >= 11 is 9.19. The lowest BCUT2D eigenvalue weighted by atomic mass is 10.2. The van der Waals surface area contributed by atoms with E-state index in [4.69, 9.17) is 73.4 Å². The number of hydrogen-bond acceptors (Lipinski definition) is 17. The molecule has 416 valence electrons. The van der Waals surface area contributed by atoms with Gasteiger partial charge in [0.2, 0.25) is 5.28 Å². The Kier molecular flexibility index (Phi) is 41.2. The standard InChI is InChI=1S/C55H90ClN3O12S2/c1-5-9-13-17-25-60-29-33-64-37-41-68-49-23-21-47(45-51(49)70-43-39-66-35-31-62-27-19-15-11-7-3)72-54-57-53(56)58-55(59-54)73-48-22-24-50(69-42-38-65-34-30-61-26-18-14-10-6-2)52(46-48)71-44-40-67-36-32-63-28-20-16-12-8-4/h21-24,45-46H,5-20,25-44H2,1-4H3. The summed E-state index contributed by atoms with van der Waals surface area (Å²) in [5.74, 6) is 2.30. The topological polar surface area (TPSA) is 149 Å². The molecule has 0 amide bonds. The second-order valence-electron chi connectivity index (χ2n) is 17.1. The summed E-state index contributed by atoms with van der Waals surface area (Å²) in [6, 6.07) is 11.4. The highest BCUT2D eigenvalue weighted by Crippen LogP contribution is 2.38. The first-order valence-electron chi connectivity index (χ1n) is 27.2. The molecule has 0 spiro atoms. The van der Waals surface area contributed by atoms with Crippen molar-refractivity contribution in [1.82, 2.24) is 15.0 Å². The van der Waals surface area contributed by atoms with Gasteiger partial charge in [-0.3, -0.25) is 0 Å². The number of hydrogen-bond donors (Lipinski definition) is 0. The van der Waals surface area contributed by atoms with Crippen molar-refractivity contribution >= 4 is 35.1 Å². The van der Waals surface area contributed by atoms with Crippen LogP contribution in [0.2, 0.25) is 5.28 Å². The fraction of sp³-hybridized carbons (Fsp3) is 0.727. The van der Waals surface area contributed by atoms with Crippen LogP contribution in [-0.2, 0) is 37.9 Å². The van der Waals surface area contributed by atoms with E-state index >= 15 is 0 Å². The molecule has 0 saturated carbocycles. The molecule has 0 aliphatic heterocycles. The van der Waals surface area contributed by atoms with Crippen molar-refractivity contribution in [2.24, 2.45) is 0 Å². The Morgan fingerprint density at radius 2 is 0.589 bits per heavy atom. The highest BCUT2D eigenvalue weighted by molar-refractivity contribution is 7.99. The van der Waals surface area contributed by atoms with E-state index in [1.807, 2.05) is 36.4 Å². The van der Waals surface area contributed by atoms with Crippen LogP contribution in [-0.4, -0.2) is 147 Å². The molecule has 0 atom stereocenters. The molecule has 0 aliphatic carbocycles. The minimum Gasteiger partial charge on any atom is -0.487 e. The van der Waals surface area contributed by atoms with Gasteiger partial charge in [-0.1, -0.05) is 105 Å². The third-order valence-electron chi connectivity index (χ3n) is 10.8. The number of halogens is 1. The number of benzene rings is 2. The molecule has 0 bridgehead atoms. The summed E-state index contributed by atoms with van der Waals surface area (Å²) in [5.41, 5.74) is 0. The molecule has 0 N–H and O–H groups in total. The maximum absolute atomic E-state index is 6.52. The zero-order valence-electron chi connectivity index (χ0n) is 44.9. The molecule has 1 heterocycles. The van der Waals surface area contributed by atoms with Crippen LogP contribution in [0.15, 0.2) is 56.5 Å². The molecule has 0 unspecified atom stereocenters. The molecule has 0 fully saturated rings. The Hall–Kier alpha value is -2.68. The average Bonchev–Trinajstić information content (AvgIpc) is 3.39. The van der Waals surface area contributed by atoms with Crippen molar-refractivity contribution in [3.05, 3.63) is 41.7 Å². The first-order chi connectivity index (χ1) is 36.1. The van der Waals surface area contributed by atoms with E-state index in [-0.39, 0.29) is 5.28 Å². The Balaban J connectivity index is 1.61. The van der Waals surface area contributed by atoms with E-state index in [9.17, 15) is 0 Å². The molecular weight excluding hydrogens is 994 g/mol. The number of unbranched alkanes of at least 4 members (excludes halogenated alkanes) is 12. The second kappa shape index (κ2) is 46.6. The SMILES string of the molecule is CCCCCCOCCOCCOc1ccc(Sc2nc(Cl)nc(Sc3ccc(OCCOCCOCCCCCC)c(OCCOCCOCCCCCC)c3)n2)cc1OCCOCCOCCCCCC. The monoisotopic (exact) mass is 1080 g/mol. The van der Waals surface area contributed by atoms with E-state index in [0.717, 1.165) is 61.9 Å². The molecule has 2 aromatic carbocycles. The van der Waals surface area contributed by atoms with E-state index in [0.29, 0.717) is 139 Å². The lowest BCUT2D eigenvalue weighted by Crippen LogP contribution is -2.13. The molecule has 3 rings (SSSR count). The van der Waals surface area contributed by atoms with Crippen LogP contribution in [0.5, 0.6) is 23.0 Å². The van der Waals surface area contributed by atoms with Crippen LogP contribution < -0.4 is 18.9 Å². The Morgan fingerprint density at radius 1 is 0.315 bits per heavy atom. The van der Waals surface area contributed by atoms with Crippen LogP contribution in [0.25, 0.3) is 0 Å². The van der Waals surface area contributed by atoms with Gasteiger partial charge in [0.1, 0.15) is 26.4 Å². The van der Waals surface area contributed by atoms with Gasteiger partial charge < -0.3 is 56.8 Å². The van der Waals surface area contributed by atoms with E-state index in [2.05, 4.69) is 37.7 Å². The summed E-state index contributed by atoms with van der Waals surface area (Å²) in [6.07, 6.45) is 18.9. The fourth-order valence-corrected chi connectivity index (χ4v) is 8.71. The zero-order chi connectivity index (χ0) is 51.9. The maximum atomic E-state index is 6.52. The highest BCUT2D eigenvalue weighted by atomic mass is 35.5. The quantitative estimate of drug-likeness (QED) is 0.0493. The molecule has 73 heavy (non-hydrogen) atoms. The molecule has 0 radical (unpaired) electrons. The van der Waals surface area contributed by atoms with Crippen molar-refractivity contribution < 1.29 is 56.8 Å².